The second-order valence-corrected chi connectivity index (χ2v) is 5.16. The highest BCUT2D eigenvalue weighted by molar-refractivity contribution is 9.10. The molecule has 2 N–H and O–H groups in total. The predicted molar refractivity (Wildman–Crippen MR) is 80.4 cm³/mol. The number of benzene rings is 1. The Morgan fingerprint density at radius 3 is 2.95 bits per heavy atom. The molecule has 0 spiro atoms. The summed E-state index contributed by atoms with van der Waals surface area (Å²) in [5.74, 6) is 0.814. The minimum absolute atomic E-state index is 0.0482. The number of nitrogens with one attached hydrogen (secondary N) is 1. The van der Waals surface area contributed by atoms with Crippen molar-refractivity contribution in [3.63, 3.8) is 0 Å². The van der Waals surface area contributed by atoms with Gasteiger partial charge in [0, 0.05) is 35.2 Å². The molecule has 0 bridgehead atoms. The Hall–Kier alpha value is -1.17. The van der Waals surface area contributed by atoms with Gasteiger partial charge in [0.15, 0.2) is 0 Å². The molecule has 1 aromatic carbocycles. The van der Waals surface area contributed by atoms with Crippen LogP contribution >= 0.6 is 15.9 Å². The maximum atomic E-state index is 9.08. The molecular formula is C14H17BrN2O2. The molecule has 0 saturated heterocycles. The van der Waals surface area contributed by atoms with Crippen LogP contribution in [0.2, 0.25) is 0 Å². The lowest BCUT2D eigenvalue weighted by Gasteiger charge is -2.18. The smallest absolute Gasteiger partial charge is 0.134 e. The summed E-state index contributed by atoms with van der Waals surface area (Å²) in [6.07, 6.45) is 2.40. The molecule has 5 heteroatoms. The lowest BCUT2D eigenvalue weighted by molar-refractivity contribution is 0.170. The standard InChI is InChI=1S/C14H17BrN2O2/c1-19-9-10(6-8-18)17-14-12-3-2-4-13(15)11(12)5-7-16-14/h2-5,7,10,18H,6,8-9H2,1H3,(H,16,17). The number of hydrogen-bond donors (Lipinski definition) is 2. The van der Waals surface area contributed by atoms with Gasteiger partial charge in [-0.15, -0.1) is 0 Å². The Bertz CT molecular complexity index is 542. The molecule has 1 atom stereocenters. The van der Waals surface area contributed by atoms with E-state index in [1.807, 2.05) is 24.3 Å². The number of rotatable bonds is 6. The van der Waals surface area contributed by atoms with E-state index in [9.17, 15) is 0 Å². The summed E-state index contributed by atoms with van der Waals surface area (Å²) in [5.41, 5.74) is 0. The van der Waals surface area contributed by atoms with Crippen LogP contribution < -0.4 is 5.32 Å². The molecular weight excluding hydrogens is 308 g/mol. The van der Waals surface area contributed by atoms with Crippen molar-refractivity contribution in [1.82, 2.24) is 4.98 Å². The van der Waals surface area contributed by atoms with Crippen LogP contribution in [0.1, 0.15) is 6.42 Å². The van der Waals surface area contributed by atoms with E-state index in [0.717, 1.165) is 21.1 Å². The molecule has 0 fully saturated rings. The molecule has 4 nitrogen and oxygen atoms in total. The van der Waals surface area contributed by atoms with Gasteiger partial charge in [0.25, 0.3) is 0 Å². The largest absolute Gasteiger partial charge is 0.396 e. The second kappa shape index (κ2) is 6.84. The van der Waals surface area contributed by atoms with Gasteiger partial charge in [0.2, 0.25) is 0 Å². The van der Waals surface area contributed by atoms with Crippen LogP contribution in [0.4, 0.5) is 5.82 Å². The number of methoxy groups -OCH3 is 1. The van der Waals surface area contributed by atoms with Crippen LogP contribution in [-0.2, 0) is 4.74 Å². The number of pyridine rings is 1. The third-order valence-corrected chi connectivity index (χ3v) is 3.63. The van der Waals surface area contributed by atoms with Crippen molar-refractivity contribution < 1.29 is 9.84 Å². The molecule has 1 heterocycles. The van der Waals surface area contributed by atoms with Crippen LogP contribution in [0.5, 0.6) is 0 Å². The number of hydrogen-bond acceptors (Lipinski definition) is 4. The molecule has 2 aromatic rings. The minimum Gasteiger partial charge on any atom is -0.396 e. The highest BCUT2D eigenvalue weighted by Gasteiger charge is 2.11. The van der Waals surface area contributed by atoms with Crippen molar-refractivity contribution in [2.75, 3.05) is 25.6 Å². The van der Waals surface area contributed by atoms with Gasteiger partial charge in [-0.05, 0) is 18.6 Å². The van der Waals surface area contributed by atoms with Crippen molar-refractivity contribution in [2.45, 2.75) is 12.5 Å². The zero-order valence-electron chi connectivity index (χ0n) is 10.8. The first-order chi connectivity index (χ1) is 9.26. The van der Waals surface area contributed by atoms with Crippen LogP contribution in [0.15, 0.2) is 34.9 Å². The first kappa shape index (κ1) is 14.2. The third kappa shape index (κ3) is 3.43. The molecule has 0 aliphatic heterocycles. The van der Waals surface area contributed by atoms with E-state index in [1.165, 1.54) is 0 Å². The van der Waals surface area contributed by atoms with Crippen molar-refractivity contribution >= 4 is 32.5 Å². The lowest BCUT2D eigenvalue weighted by atomic mass is 10.1. The predicted octanol–water partition coefficient (Wildman–Crippen LogP) is 2.81. The Labute approximate surface area is 120 Å². The van der Waals surface area contributed by atoms with Gasteiger partial charge in [-0.1, -0.05) is 28.1 Å². The van der Waals surface area contributed by atoms with Gasteiger partial charge >= 0.3 is 0 Å². The Kier molecular flexibility index (Phi) is 5.13. The Morgan fingerprint density at radius 2 is 2.21 bits per heavy atom. The molecule has 0 saturated carbocycles. The number of aliphatic hydroxyl groups excluding tert-OH is 1. The third-order valence-electron chi connectivity index (χ3n) is 2.94. The number of fused-ring (bicyclic) bond motifs is 1. The van der Waals surface area contributed by atoms with Crippen LogP contribution in [-0.4, -0.2) is 36.5 Å². The summed E-state index contributed by atoms with van der Waals surface area (Å²) in [7, 11) is 1.65. The average Bonchev–Trinajstić information content (AvgIpc) is 2.40. The molecule has 1 unspecified atom stereocenters. The number of ether oxygens (including phenoxy) is 1. The Balaban J connectivity index is 2.31. The number of anilines is 1. The maximum absolute atomic E-state index is 9.08. The summed E-state index contributed by atoms with van der Waals surface area (Å²) in [6, 6.07) is 8.04. The fraction of sp³-hybridized carbons (Fsp3) is 0.357. The van der Waals surface area contributed by atoms with Crippen molar-refractivity contribution in [3.8, 4) is 0 Å². The Morgan fingerprint density at radius 1 is 1.37 bits per heavy atom. The molecule has 0 aliphatic carbocycles. The zero-order chi connectivity index (χ0) is 13.7. The highest BCUT2D eigenvalue weighted by atomic mass is 79.9. The summed E-state index contributed by atoms with van der Waals surface area (Å²) >= 11 is 3.54. The first-order valence-electron chi connectivity index (χ1n) is 6.16. The van der Waals surface area contributed by atoms with Gasteiger partial charge in [0.1, 0.15) is 5.82 Å². The number of halogens is 1. The summed E-state index contributed by atoms with van der Waals surface area (Å²) < 4.78 is 6.20. The molecule has 19 heavy (non-hydrogen) atoms. The van der Waals surface area contributed by atoms with Gasteiger partial charge < -0.3 is 15.2 Å². The first-order valence-corrected chi connectivity index (χ1v) is 6.95. The van der Waals surface area contributed by atoms with E-state index >= 15 is 0 Å². The topological polar surface area (TPSA) is 54.4 Å². The fourth-order valence-corrected chi connectivity index (χ4v) is 2.53. The molecule has 0 radical (unpaired) electrons. The quantitative estimate of drug-likeness (QED) is 0.857. The van der Waals surface area contributed by atoms with Gasteiger partial charge in [0.05, 0.1) is 12.6 Å². The van der Waals surface area contributed by atoms with Crippen LogP contribution in [0.25, 0.3) is 10.8 Å². The van der Waals surface area contributed by atoms with Crippen LogP contribution in [0, 0.1) is 0 Å². The molecule has 2 rings (SSSR count). The maximum Gasteiger partial charge on any atom is 0.134 e. The summed E-state index contributed by atoms with van der Waals surface area (Å²) in [6.45, 7) is 0.655. The summed E-state index contributed by atoms with van der Waals surface area (Å²) in [5, 5.41) is 14.6. The van der Waals surface area contributed by atoms with E-state index in [2.05, 4.69) is 26.2 Å². The number of aliphatic hydroxyl groups is 1. The lowest BCUT2D eigenvalue weighted by Crippen LogP contribution is -2.26. The number of nitrogens with zero attached hydrogens (tertiary/aromatic N) is 1. The van der Waals surface area contributed by atoms with Crippen molar-refractivity contribution in [2.24, 2.45) is 0 Å². The van der Waals surface area contributed by atoms with Gasteiger partial charge in [-0.2, -0.15) is 0 Å². The molecule has 0 amide bonds. The van der Waals surface area contributed by atoms with E-state index in [0.29, 0.717) is 13.0 Å². The molecule has 102 valence electrons. The monoisotopic (exact) mass is 324 g/mol. The summed E-state index contributed by atoms with van der Waals surface area (Å²) in [4.78, 5) is 4.38. The van der Waals surface area contributed by atoms with Crippen molar-refractivity contribution in [1.29, 1.82) is 0 Å². The van der Waals surface area contributed by atoms with Gasteiger partial charge in [-0.3, -0.25) is 0 Å². The minimum atomic E-state index is 0.0482. The van der Waals surface area contributed by atoms with E-state index in [1.54, 1.807) is 13.3 Å². The fourth-order valence-electron chi connectivity index (χ4n) is 2.03. The zero-order valence-corrected chi connectivity index (χ0v) is 12.4. The van der Waals surface area contributed by atoms with E-state index in [-0.39, 0.29) is 12.6 Å². The normalized spacial score (nSPS) is 12.6. The number of aromatic nitrogens is 1. The highest BCUT2D eigenvalue weighted by Crippen LogP contribution is 2.28. The molecule has 1 aromatic heterocycles. The average molecular weight is 325 g/mol. The van der Waals surface area contributed by atoms with Gasteiger partial charge in [-0.25, -0.2) is 4.98 Å². The molecule has 0 aliphatic rings. The van der Waals surface area contributed by atoms with Crippen LogP contribution in [0.3, 0.4) is 0 Å². The SMILES string of the molecule is COCC(CCO)Nc1nccc2c(Br)cccc12. The van der Waals surface area contributed by atoms with Crippen molar-refractivity contribution in [3.05, 3.63) is 34.9 Å². The van der Waals surface area contributed by atoms with E-state index < -0.39 is 0 Å². The second-order valence-electron chi connectivity index (χ2n) is 4.30. The van der Waals surface area contributed by atoms with E-state index in [4.69, 9.17) is 9.84 Å².